The van der Waals surface area contributed by atoms with Crippen LogP contribution in [-0.2, 0) is 13.6 Å². The van der Waals surface area contributed by atoms with Crippen LogP contribution in [0.2, 0.25) is 4.34 Å². The molecule has 3 N–H and O–H groups in total. The molecule has 0 fully saturated rings. The van der Waals surface area contributed by atoms with Crippen LogP contribution in [0.1, 0.15) is 42.4 Å². The fourth-order valence-corrected chi connectivity index (χ4v) is 3.14. The van der Waals surface area contributed by atoms with Gasteiger partial charge in [0.15, 0.2) is 11.8 Å². The molecule has 2 aromatic rings. The zero-order valence-electron chi connectivity index (χ0n) is 14.8. The van der Waals surface area contributed by atoms with E-state index >= 15 is 0 Å². The van der Waals surface area contributed by atoms with Gasteiger partial charge in [0, 0.05) is 25.0 Å². The van der Waals surface area contributed by atoms with Crippen molar-refractivity contribution < 1.29 is 5.11 Å². The zero-order chi connectivity index (χ0) is 18.2. The van der Waals surface area contributed by atoms with Gasteiger partial charge in [0.1, 0.15) is 18.5 Å². The Morgan fingerprint density at radius 1 is 1.40 bits per heavy atom. The second kappa shape index (κ2) is 9.74. The van der Waals surface area contributed by atoms with Gasteiger partial charge in [0.2, 0.25) is 0 Å². The first kappa shape index (κ1) is 19.7. The number of rotatable bonds is 8. The van der Waals surface area contributed by atoms with Crippen LogP contribution in [0.3, 0.4) is 0 Å². The van der Waals surface area contributed by atoms with Gasteiger partial charge in [-0.15, -0.1) is 21.5 Å². The van der Waals surface area contributed by atoms with Gasteiger partial charge in [0.05, 0.1) is 4.34 Å². The Morgan fingerprint density at radius 3 is 2.80 bits per heavy atom. The Balaban J connectivity index is 1.96. The maximum absolute atomic E-state index is 10.3. The third-order valence-corrected chi connectivity index (χ3v) is 5.10. The molecule has 138 valence electrons. The summed E-state index contributed by atoms with van der Waals surface area (Å²) in [5.74, 6) is 2.29. The van der Waals surface area contributed by atoms with Crippen LogP contribution < -0.4 is 10.6 Å². The second-order valence-corrected chi connectivity index (χ2v) is 7.45. The smallest absolute Gasteiger partial charge is 0.191 e. The number of nitrogens with one attached hydrogen (secondary N) is 2. The molecule has 0 bridgehead atoms. The first-order valence-electron chi connectivity index (χ1n) is 8.31. The van der Waals surface area contributed by atoms with Gasteiger partial charge in [-0.05, 0) is 25.5 Å². The quantitative estimate of drug-likeness (QED) is 0.369. The van der Waals surface area contributed by atoms with Gasteiger partial charge >= 0.3 is 0 Å². The lowest BCUT2D eigenvalue weighted by Gasteiger charge is -2.15. The minimum atomic E-state index is -0.632. The number of hydrogen-bond acceptors (Lipinski definition) is 5. The van der Waals surface area contributed by atoms with Gasteiger partial charge in [-0.1, -0.05) is 24.9 Å². The van der Waals surface area contributed by atoms with E-state index in [1.54, 1.807) is 6.07 Å². The first-order chi connectivity index (χ1) is 12.0. The molecule has 0 saturated carbocycles. The number of aliphatic hydroxyl groups is 1. The average Bonchev–Trinajstić information content (AvgIpc) is 3.16. The second-order valence-electron chi connectivity index (χ2n) is 5.71. The summed E-state index contributed by atoms with van der Waals surface area (Å²) in [5, 5.41) is 24.9. The third kappa shape index (κ3) is 5.98. The van der Waals surface area contributed by atoms with Crippen molar-refractivity contribution in [2.24, 2.45) is 12.0 Å². The summed E-state index contributed by atoms with van der Waals surface area (Å²) in [6.45, 7) is 5.63. The molecule has 0 amide bonds. The van der Waals surface area contributed by atoms with Gasteiger partial charge in [-0.25, -0.2) is 4.99 Å². The molecule has 0 radical (unpaired) electrons. The molecule has 25 heavy (non-hydrogen) atoms. The number of unbranched alkanes of at least 4 members (excludes halogenated alkanes) is 1. The fourth-order valence-electron chi connectivity index (χ4n) is 2.10. The molecule has 0 aromatic carbocycles. The monoisotopic (exact) mass is 384 g/mol. The van der Waals surface area contributed by atoms with E-state index in [2.05, 4.69) is 32.7 Å². The number of guanidine groups is 1. The average molecular weight is 385 g/mol. The highest BCUT2D eigenvalue weighted by Crippen LogP contribution is 2.26. The van der Waals surface area contributed by atoms with Crippen molar-refractivity contribution in [1.82, 2.24) is 25.4 Å². The standard InChI is InChI=1S/C16H25ClN6OS/c1-4-5-8-18-16(20-10-15-22-21-11(2)23(15)3)19-9-12(24)13-6-7-14(17)25-13/h6-7,12,24H,4-5,8-10H2,1-3H3,(H2,18,19,20). The van der Waals surface area contributed by atoms with Crippen molar-refractivity contribution in [3.8, 4) is 0 Å². The van der Waals surface area contributed by atoms with Crippen molar-refractivity contribution >= 4 is 28.9 Å². The topological polar surface area (TPSA) is 87.4 Å². The molecule has 2 aromatic heterocycles. The molecule has 2 heterocycles. The largest absolute Gasteiger partial charge is 0.386 e. The highest BCUT2D eigenvalue weighted by molar-refractivity contribution is 7.16. The van der Waals surface area contributed by atoms with Crippen molar-refractivity contribution in [2.45, 2.75) is 39.3 Å². The summed E-state index contributed by atoms with van der Waals surface area (Å²) >= 11 is 7.30. The van der Waals surface area contributed by atoms with E-state index in [9.17, 15) is 5.11 Å². The lowest BCUT2D eigenvalue weighted by atomic mass is 10.3. The summed E-state index contributed by atoms with van der Waals surface area (Å²) in [6.07, 6.45) is 1.51. The molecule has 7 nitrogen and oxygen atoms in total. The molecular formula is C16H25ClN6OS. The predicted octanol–water partition coefficient (Wildman–Crippen LogP) is 2.41. The molecule has 0 aliphatic rings. The normalized spacial score (nSPS) is 13.1. The van der Waals surface area contributed by atoms with Crippen molar-refractivity contribution in [2.75, 3.05) is 13.1 Å². The van der Waals surface area contributed by atoms with E-state index in [4.69, 9.17) is 11.6 Å². The van der Waals surface area contributed by atoms with Gasteiger partial charge in [-0.2, -0.15) is 0 Å². The van der Waals surface area contributed by atoms with E-state index in [1.165, 1.54) is 11.3 Å². The molecule has 0 aliphatic heterocycles. The molecule has 0 aliphatic carbocycles. The van der Waals surface area contributed by atoms with Crippen LogP contribution in [-0.4, -0.2) is 38.9 Å². The first-order valence-corrected chi connectivity index (χ1v) is 9.51. The molecular weight excluding hydrogens is 360 g/mol. The van der Waals surface area contributed by atoms with Crippen molar-refractivity contribution in [1.29, 1.82) is 0 Å². The number of aliphatic hydroxyl groups excluding tert-OH is 1. The third-order valence-electron chi connectivity index (χ3n) is 3.77. The van der Waals surface area contributed by atoms with Crippen LogP contribution in [0, 0.1) is 6.92 Å². The van der Waals surface area contributed by atoms with Gasteiger partial charge < -0.3 is 20.3 Å². The molecule has 9 heteroatoms. The lowest BCUT2D eigenvalue weighted by molar-refractivity contribution is 0.184. The summed E-state index contributed by atoms with van der Waals surface area (Å²) in [6, 6.07) is 3.62. The molecule has 0 saturated heterocycles. The Hall–Kier alpha value is -1.64. The molecule has 1 unspecified atom stereocenters. The van der Waals surface area contributed by atoms with E-state index in [-0.39, 0.29) is 0 Å². The van der Waals surface area contributed by atoms with Crippen LogP contribution in [0.25, 0.3) is 0 Å². The number of aliphatic imine (C=N–C) groups is 1. The van der Waals surface area contributed by atoms with Crippen LogP contribution in [0.5, 0.6) is 0 Å². The number of aryl methyl sites for hydroxylation is 1. The minimum absolute atomic E-state index is 0.354. The van der Waals surface area contributed by atoms with Crippen LogP contribution in [0.4, 0.5) is 0 Å². The van der Waals surface area contributed by atoms with E-state index < -0.39 is 6.10 Å². The number of halogens is 1. The highest BCUT2D eigenvalue weighted by atomic mass is 35.5. The van der Waals surface area contributed by atoms with E-state index in [1.807, 2.05) is 24.6 Å². The Labute approximate surface area is 157 Å². The lowest BCUT2D eigenvalue weighted by Crippen LogP contribution is -2.40. The number of thiophene rings is 1. The maximum atomic E-state index is 10.3. The summed E-state index contributed by atoms with van der Waals surface area (Å²) in [5.41, 5.74) is 0. The molecule has 0 spiro atoms. The maximum Gasteiger partial charge on any atom is 0.191 e. The number of nitrogens with zero attached hydrogens (tertiary/aromatic N) is 4. The van der Waals surface area contributed by atoms with E-state index in [0.29, 0.717) is 23.4 Å². The van der Waals surface area contributed by atoms with Crippen molar-refractivity contribution in [3.63, 3.8) is 0 Å². The Bertz CT molecular complexity index is 699. The fraction of sp³-hybridized carbons (Fsp3) is 0.562. The summed E-state index contributed by atoms with van der Waals surface area (Å²) in [4.78, 5) is 5.38. The predicted molar refractivity (Wildman–Crippen MR) is 102 cm³/mol. The van der Waals surface area contributed by atoms with Crippen LogP contribution >= 0.6 is 22.9 Å². The minimum Gasteiger partial charge on any atom is -0.386 e. The van der Waals surface area contributed by atoms with Gasteiger partial charge in [0.25, 0.3) is 0 Å². The SMILES string of the molecule is CCCCNC(=NCc1nnc(C)n1C)NCC(O)c1ccc(Cl)s1. The van der Waals surface area contributed by atoms with Crippen molar-refractivity contribution in [3.05, 3.63) is 33.0 Å². The van der Waals surface area contributed by atoms with Gasteiger partial charge in [-0.3, -0.25) is 0 Å². The number of hydrogen-bond donors (Lipinski definition) is 3. The summed E-state index contributed by atoms with van der Waals surface area (Å²) in [7, 11) is 1.92. The van der Waals surface area contributed by atoms with Crippen LogP contribution in [0.15, 0.2) is 17.1 Å². The highest BCUT2D eigenvalue weighted by Gasteiger charge is 2.11. The Morgan fingerprint density at radius 2 is 2.20 bits per heavy atom. The van der Waals surface area contributed by atoms with E-state index in [0.717, 1.165) is 35.9 Å². The molecule has 1 atom stereocenters. The zero-order valence-corrected chi connectivity index (χ0v) is 16.4. The summed E-state index contributed by atoms with van der Waals surface area (Å²) < 4.78 is 2.58. The number of aromatic nitrogens is 3. The Kier molecular flexibility index (Phi) is 7.67. The molecule has 2 rings (SSSR count).